The Labute approximate surface area is 106 Å². The standard InChI is InChI=1S/C13H16N4O/c1-8(2)10-6-9(7-11(16-10)13(14)18)12-4-5-15-17(12)3/h4-8H,1-3H3,(H2,14,18). The molecule has 0 fully saturated rings. The number of hydrogen-bond donors (Lipinski definition) is 1. The summed E-state index contributed by atoms with van der Waals surface area (Å²) in [6.45, 7) is 4.06. The molecule has 2 aromatic rings. The van der Waals surface area contributed by atoms with Crippen molar-refractivity contribution in [2.45, 2.75) is 19.8 Å². The van der Waals surface area contributed by atoms with E-state index in [1.54, 1.807) is 16.9 Å². The number of primary amides is 1. The molecule has 2 aromatic heterocycles. The molecule has 0 aliphatic rings. The van der Waals surface area contributed by atoms with E-state index in [1.807, 2.05) is 33.0 Å². The molecule has 0 aliphatic carbocycles. The molecular weight excluding hydrogens is 228 g/mol. The molecule has 0 aliphatic heterocycles. The minimum atomic E-state index is -0.513. The maximum Gasteiger partial charge on any atom is 0.267 e. The van der Waals surface area contributed by atoms with Crippen molar-refractivity contribution in [1.82, 2.24) is 14.8 Å². The van der Waals surface area contributed by atoms with Gasteiger partial charge in [0, 0.05) is 24.5 Å². The van der Waals surface area contributed by atoms with Crippen molar-refractivity contribution in [3.8, 4) is 11.3 Å². The number of nitrogens with two attached hydrogens (primary N) is 1. The second kappa shape index (κ2) is 4.60. The van der Waals surface area contributed by atoms with Crippen LogP contribution in [0.3, 0.4) is 0 Å². The Kier molecular flexibility index (Phi) is 3.14. The number of aromatic nitrogens is 3. The summed E-state index contributed by atoms with van der Waals surface area (Å²) in [7, 11) is 1.86. The molecule has 5 heteroatoms. The van der Waals surface area contributed by atoms with Gasteiger partial charge >= 0.3 is 0 Å². The third-order valence-electron chi connectivity index (χ3n) is 2.81. The number of pyridine rings is 1. The summed E-state index contributed by atoms with van der Waals surface area (Å²) in [5, 5.41) is 4.12. The van der Waals surface area contributed by atoms with E-state index in [9.17, 15) is 4.79 Å². The highest BCUT2D eigenvalue weighted by Crippen LogP contribution is 2.23. The molecular formula is C13H16N4O. The van der Waals surface area contributed by atoms with Crippen molar-refractivity contribution in [2.24, 2.45) is 12.8 Å². The van der Waals surface area contributed by atoms with E-state index in [0.29, 0.717) is 0 Å². The average Bonchev–Trinajstić information content (AvgIpc) is 2.74. The van der Waals surface area contributed by atoms with Gasteiger partial charge in [0.2, 0.25) is 0 Å². The number of carbonyl (C=O) groups excluding carboxylic acids is 1. The van der Waals surface area contributed by atoms with E-state index in [0.717, 1.165) is 17.0 Å². The van der Waals surface area contributed by atoms with Gasteiger partial charge in [-0.2, -0.15) is 5.10 Å². The van der Waals surface area contributed by atoms with E-state index in [-0.39, 0.29) is 11.6 Å². The summed E-state index contributed by atoms with van der Waals surface area (Å²) < 4.78 is 1.75. The van der Waals surface area contributed by atoms with Crippen molar-refractivity contribution in [1.29, 1.82) is 0 Å². The van der Waals surface area contributed by atoms with Crippen molar-refractivity contribution >= 4 is 5.91 Å². The van der Waals surface area contributed by atoms with Crippen LogP contribution in [0.25, 0.3) is 11.3 Å². The minimum Gasteiger partial charge on any atom is -0.364 e. The number of rotatable bonds is 3. The lowest BCUT2D eigenvalue weighted by molar-refractivity contribution is 0.0995. The van der Waals surface area contributed by atoms with Crippen LogP contribution in [-0.2, 0) is 7.05 Å². The van der Waals surface area contributed by atoms with Crippen molar-refractivity contribution < 1.29 is 4.79 Å². The molecule has 0 saturated carbocycles. The lowest BCUT2D eigenvalue weighted by Crippen LogP contribution is -2.14. The van der Waals surface area contributed by atoms with Gasteiger partial charge in [0.15, 0.2) is 0 Å². The third kappa shape index (κ3) is 2.25. The summed E-state index contributed by atoms with van der Waals surface area (Å²) in [5.74, 6) is -0.280. The van der Waals surface area contributed by atoms with Gasteiger partial charge in [0.25, 0.3) is 5.91 Å². The first-order chi connectivity index (χ1) is 8.49. The molecule has 0 unspecified atom stereocenters. The fourth-order valence-corrected chi connectivity index (χ4v) is 1.78. The Morgan fingerprint density at radius 2 is 2.11 bits per heavy atom. The van der Waals surface area contributed by atoms with Crippen LogP contribution in [0, 0.1) is 0 Å². The van der Waals surface area contributed by atoms with Crippen molar-refractivity contribution in [3.05, 3.63) is 35.8 Å². The highest BCUT2D eigenvalue weighted by Gasteiger charge is 2.12. The van der Waals surface area contributed by atoms with Crippen LogP contribution < -0.4 is 5.73 Å². The lowest BCUT2D eigenvalue weighted by Gasteiger charge is -2.10. The molecule has 18 heavy (non-hydrogen) atoms. The number of nitrogens with zero attached hydrogens (tertiary/aromatic N) is 3. The van der Waals surface area contributed by atoms with Gasteiger partial charge in [0.05, 0.1) is 5.69 Å². The summed E-state index contributed by atoms with van der Waals surface area (Å²) >= 11 is 0. The van der Waals surface area contributed by atoms with E-state index >= 15 is 0 Å². The number of carbonyl (C=O) groups is 1. The minimum absolute atomic E-state index is 0.233. The smallest absolute Gasteiger partial charge is 0.267 e. The summed E-state index contributed by atoms with van der Waals surface area (Å²) in [4.78, 5) is 15.6. The fraction of sp³-hybridized carbons (Fsp3) is 0.308. The molecule has 1 amide bonds. The van der Waals surface area contributed by atoms with Gasteiger partial charge in [-0.1, -0.05) is 13.8 Å². The predicted octanol–water partition coefficient (Wildman–Crippen LogP) is 1.70. The fourth-order valence-electron chi connectivity index (χ4n) is 1.78. The lowest BCUT2D eigenvalue weighted by atomic mass is 10.0. The van der Waals surface area contributed by atoms with E-state index < -0.39 is 5.91 Å². The molecule has 5 nitrogen and oxygen atoms in total. The average molecular weight is 244 g/mol. The molecule has 2 N–H and O–H groups in total. The zero-order chi connectivity index (χ0) is 13.3. The van der Waals surface area contributed by atoms with Crippen LogP contribution in [-0.4, -0.2) is 20.7 Å². The number of hydrogen-bond acceptors (Lipinski definition) is 3. The molecule has 0 atom stereocenters. The van der Waals surface area contributed by atoms with E-state index in [1.165, 1.54) is 0 Å². The number of aryl methyl sites for hydroxylation is 1. The van der Waals surface area contributed by atoms with Crippen molar-refractivity contribution in [3.63, 3.8) is 0 Å². The zero-order valence-corrected chi connectivity index (χ0v) is 10.7. The maximum atomic E-state index is 11.3. The van der Waals surface area contributed by atoms with Crippen LogP contribution in [0.4, 0.5) is 0 Å². The second-order valence-electron chi connectivity index (χ2n) is 4.52. The summed E-state index contributed by atoms with van der Waals surface area (Å²) in [6, 6.07) is 5.56. The maximum absolute atomic E-state index is 11.3. The van der Waals surface area contributed by atoms with Crippen LogP contribution in [0.2, 0.25) is 0 Å². The number of amides is 1. The Bertz CT molecular complexity index is 586. The Balaban J connectivity index is 2.60. The molecule has 0 radical (unpaired) electrons. The van der Waals surface area contributed by atoms with Gasteiger partial charge in [-0.3, -0.25) is 9.48 Å². The molecule has 0 bridgehead atoms. The first-order valence-corrected chi connectivity index (χ1v) is 5.79. The zero-order valence-electron chi connectivity index (χ0n) is 10.7. The van der Waals surface area contributed by atoms with Crippen molar-refractivity contribution in [2.75, 3.05) is 0 Å². The highest BCUT2D eigenvalue weighted by molar-refractivity contribution is 5.92. The van der Waals surface area contributed by atoms with Gasteiger partial charge in [0.1, 0.15) is 5.69 Å². The largest absolute Gasteiger partial charge is 0.364 e. The molecule has 0 aromatic carbocycles. The quantitative estimate of drug-likeness (QED) is 0.893. The van der Waals surface area contributed by atoms with Crippen LogP contribution in [0.1, 0.15) is 35.9 Å². The molecule has 94 valence electrons. The molecule has 2 rings (SSSR count). The topological polar surface area (TPSA) is 73.8 Å². The van der Waals surface area contributed by atoms with Gasteiger partial charge in [-0.05, 0) is 24.1 Å². The van der Waals surface area contributed by atoms with Gasteiger partial charge < -0.3 is 5.73 Å². The first kappa shape index (κ1) is 12.3. The van der Waals surface area contributed by atoms with Crippen LogP contribution in [0.15, 0.2) is 24.4 Å². The Morgan fingerprint density at radius 1 is 1.39 bits per heavy atom. The summed E-state index contributed by atoms with van der Waals surface area (Å²) in [6.07, 6.45) is 1.72. The second-order valence-corrected chi connectivity index (χ2v) is 4.52. The Hall–Kier alpha value is -2.17. The molecule has 0 saturated heterocycles. The predicted molar refractivity (Wildman–Crippen MR) is 69.0 cm³/mol. The van der Waals surface area contributed by atoms with Gasteiger partial charge in [-0.25, -0.2) is 4.98 Å². The van der Waals surface area contributed by atoms with Crippen LogP contribution in [0.5, 0.6) is 0 Å². The third-order valence-corrected chi connectivity index (χ3v) is 2.81. The normalized spacial score (nSPS) is 10.9. The first-order valence-electron chi connectivity index (χ1n) is 5.79. The highest BCUT2D eigenvalue weighted by atomic mass is 16.1. The monoisotopic (exact) mass is 244 g/mol. The van der Waals surface area contributed by atoms with Crippen LogP contribution >= 0.6 is 0 Å². The molecule has 2 heterocycles. The van der Waals surface area contributed by atoms with Gasteiger partial charge in [-0.15, -0.1) is 0 Å². The van der Waals surface area contributed by atoms with E-state index in [2.05, 4.69) is 10.1 Å². The summed E-state index contributed by atoms with van der Waals surface area (Å²) in [5.41, 5.74) is 8.30. The Morgan fingerprint density at radius 3 is 2.61 bits per heavy atom. The SMILES string of the molecule is CC(C)c1cc(-c2ccnn2C)cc(C(N)=O)n1. The molecule has 0 spiro atoms. The van der Waals surface area contributed by atoms with E-state index in [4.69, 9.17) is 5.73 Å².